The van der Waals surface area contributed by atoms with E-state index in [1.165, 1.54) is 0 Å². The van der Waals surface area contributed by atoms with E-state index in [4.69, 9.17) is 0 Å². The van der Waals surface area contributed by atoms with Gasteiger partial charge in [-0.15, -0.1) is 0 Å². The molecule has 1 nitrogen and oxygen atoms in total. The van der Waals surface area contributed by atoms with Gasteiger partial charge in [0.05, 0.1) is 0 Å². The van der Waals surface area contributed by atoms with Crippen molar-refractivity contribution in [1.82, 2.24) is 4.90 Å². The first-order valence-electron chi connectivity index (χ1n) is 2.95. The summed E-state index contributed by atoms with van der Waals surface area (Å²) in [4.78, 5) is 2.00. The number of halogens is 1. The highest BCUT2D eigenvalue weighted by atomic mass is 19.1. The summed E-state index contributed by atoms with van der Waals surface area (Å²) in [5.41, 5.74) is 0. The molecule has 47 valence electrons. The minimum absolute atomic E-state index is 0.583. The van der Waals surface area contributed by atoms with Crippen LogP contribution in [0, 0.1) is 6.42 Å². The van der Waals surface area contributed by atoms with Gasteiger partial charge in [-0.1, -0.05) is 0 Å². The molecule has 0 bridgehead atoms. The zero-order valence-electron chi connectivity index (χ0n) is 5.10. The van der Waals surface area contributed by atoms with E-state index in [0.717, 1.165) is 13.0 Å². The summed E-state index contributed by atoms with van der Waals surface area (Å²) >= 11 is 0. The van der Waals surface area contributed by atoms with Crippen molar-refractivity contribution in [3.63, 3.8) is 0 Å². The summed E-state index contributed by atoms with van der Waals surface area (Å²) in [6, 6.07) is 0. The van der Waals surface area contributed by atoms with Gasteiger partial charge in [-0.3, -0.25) is 0 Å². The van der Waals surface area contributed by atoms with E-state index in [1.54, 1.807) is 6.42 Å². The summed E-state index contributed by atoms with van der Waals surface area (Å²) < 4.78 is 12.3. The van der Waals surface area contributed by atoms with E-state index in [9.17, 15) is 4.39 Å². The highest BCUT2D eigenvalue weighted by molar-refractivity contribution is 4.83. The van der Waals surface area contributed by atoms with E-state index < -0.39 is 6.17 Å². The van der Waals surface area contributed by atoms with Crippen LogP contribution in [0.5, 0.6) is 0 Å². The third kappa shape index (κ3) is 1.44. The minimum atomic E-state index is -0.686. The summed E-state index contributed by atoms with van der Waals surface area (Å²) in [6.07, 6.45) is 1.95. The van der Waals surface area contributed by atoms with Gasteiger partial charge in [0, 0.05) is 6.54 Å². The second-order valence-electron chi connectivity index (χ2n) is 2.30. The molecule has 2 heteroatoms. The van der Waals surface area contributed by atoms with Gasteiger partial charge in [0.1, 0.15) is 6.17 Å². The van der Waals surface area contributed by atoms with Crippen LogP contribution in [0.25, 0.3) is 0 Å². The molecule has 0 N–H and O–H groups in total. The summed E-state index contributed by atoms with van der Waals surface area (Å²) in [6.45, 7) is 1.60. The molecule has 0 aromatic carbocycles. The fourth-order valence-electron chi connectivity index (χ4n) is 0.939. The van der Waals surface area contributed by atoms with Crippen molar-refractivity contribution in [2.24, 2.45) is 0 Å². The SMILES string of the molecule is CN1CC[CH][C@H](F)C1. The predicted octanol–water partition coefficient (Wildman–Crippen LogP) is 0.864. The smallest absolute Gasteiger partial charge is 0.116 e. The summed E-state index contributed by atoms with van der Waals surface area (Å²) in [5.74, 6) is 0. The number of rotatable bonds is 0. The van der Waals surface area contributed by atoms with Crippen LogP contribution in [0.1, 0.15) is 6.42 Å². The molecule has 1 aliphatic rings. The Labute approximate surface area is 49.5 Å². The molecule has 1 radical (unpaired) electrons. The van der Waals surface area contributed by atoms with E-state index in [2.05, 4.69) is 0 Å². The maximum Gasteiger partial charge on any atom is 0.116 e. The van der Waals surface area contributed by atoms with Crippen LogP contribution in [-0.4, -0.2) is 31.2 Å². The molecule has 8 heavy (non-hydrogen) atoms. The van der Waals surface area contributed by atoms with Gasteiger partial charge in [-0.2, -0.15) is 0 Å². The van der Waals surface area contributed by atoms with Crippen LogP contribution in [0.2, 0.25) is 0 Å². The first-order valence-corrected chi connectivity index (χ1v) is 2.95. The van der Waals surface area contributed by atoms with Crippen LogP contribution in [0.15, 0.2) is 0 Å². The van der Waals surface area contributed by atoms with E-state index in [0.29, 0.717) is 6.54 Å². The Morgan fingerprint density at radius 3 is 2.88 bits per heavy atom. The van der Waals surface area contributed by atoms with Gasteiger partial charge in [0.15, 0.2) is 0 Å². The third-order valence-corrected chi connectivity index (χ3v) is 1.42. The monoisotopic (exact) mass is 116 g/mol. The van der Waals surface area contributed by atoms with Gasteiger partial charge < -0.3 is 4.90 Å². The number of likely N-dealkylation sites (tertiary alicyclic amines) is 1. The van der Waals surface area contributed by atoms with E-state index >= 15 is 0 Å². The van der Waals surface area contributed by atoms with Crippen molar-refractivity contribution in [3.8, 4) is 0 Å². The van der Waals surface area contributed by atoms with Crippen molar-refractivity contribution >= 4 is 0 Å². The predicted molar refractivity (Wildman–Crippen MR) is 31.3 cm³/mol. The molecule has 1 rings (SSSR count). The van der Waals surface area contributed by atoms with Crippen molar-refractivity contribution < 1.29 is 4.39 Å². The molecule has 0 spiro atoms. The Balaban J connectivity index is 2.23. The lowest BCUT2D eigenvalue weighted by atomic mass is 10.1. The molecule has 1 saturated heterocycles. The number of nitrogens with zero attached hydrogens (tertiary/aromatic N) is 1. The first-order chi connectivity index (χ1) is 3.79. The topological polar surface area (TPSA) is 3.24 Å². The molecule has 0 aliphatic carbocycles. The number of hydrogen-bond acceptors (Lipinski definition) is 1. The Hall–Kier alpha value is -0.110. The van der Waals surface area contributed by atoms with Gasteiger partial charge in [-0.05, 0) is 26.4 Å². The van der Waals surface area contributed by atoms with Gasteiger partial charge in [-0.25, -0.2) is 4.39 Å². The molecular weight excluding hydrogens is 105 g/mol. The molecule has 1 atom stereocenters. The lowest BCUT2D eigenvalue weighted by molar-refractivity contribution is 0.206. The fraction of sp³-hybridized carbons (Fsp3) is 0.833. The van der Waals surface area contributed by atoms with Crippen molar-refractivity contribution in [2.45, 2.75) is 12.6 Å². The van der Waals surface area contributed by atoms with Crippen LogP contribution >= 0.6 is 0 Å². The quantitative estimate of drug-likeness (QED) is 0.454. The molecule has 0 aromatic heterocycles. The molecule has 1 aliphatic heterocycles. The second-order valence-corrected chi connectivity index (χ2v) is 2.30. The maximum absolute atomic E-state index is 12.3. The number of hydrogen-bond donors (Lipinski definition) is 0. The van der Waals surface area contributed by atoms with Gasteiger partial charge >= 0.3 is 0 Å². The minimum Gasteiger partial charge on any atom is -0.303 e. The Bertz CT molecular complexity index is 66.9. The van der Waals surface area contributed by atoms with E-state index in [1.807, 2.05) is 11.9 Å². The largest absolute Gasteiger partial charge is 0.303 e. The second kappa shape index (κ2) is 2.44. The maximum atomic E-state index is 12.3. The standard InChI is InChI=1S/C6H11FN/c1-8-4-2-3-6(7)5-8/h3,6H,2,4-5H2,1H3/t6-/m0/s1. The fourth-order valence-corrected chi connectivity index (χ4v) is 0.939. The molecule has 0 aromatic rings. The average molecular weight is 116 g/mol. The van der Waals surface area contributed by atoms with E-state index in [-0.39, 0.29) is 0 Å². The van der Waals surface area contributed by atoms with Crippen molar-refractivity contribution in [1.29, 1.82) is 0 Å². The lowest BCUT2D eigenvalue weighted by Gasteiger charge is -2.23. The molecule has 1 heterocycles. The third-order valence-electron chi connectivity index (χ3n) is 1.42. The van der Waals surface area contributed by atoms with Gasteiger partial charge in [0.25, 0.3) is 0 Å². The van der Waals surface area contributed by atoms with Crippen LogP contribution < -0.4 is 0 Å². The molecule has 0 unspecified atom stereocenters. The first kappa shape index (κ1) is 6.02. The Kier molecular flexibility index (Phi) is 1.84. The lowest BCUT2D eigenvalue weighted by Crippen LogP contribution is -2.33. The average Bonchev–Trinajstić information content (AvgIpc) is 1.64. The van der Waals surface area contributed by atoms with Crippen LogP contribution in [0.4, 0.5) is 4.39 Å². The zero-order valence-corrected chi connectivity index (χ0v) is 5.10. The molecule has 1 fully saturated rings. The Morgan fingerprint density at radius 1 is 1.75 bits per heavy atom. The highest BCUT2D eigenvalue weighted by Gasteiger charge is 2.14. The van der Waals surface area contributed by atoms with Crippen molar-refractivity contribution in [2.75, 3.05) is 20.1 Å². The Morgan fingerprint density at radius 2 is 2.50 bits per heavy atom. The van der Waals surface area contributed by atoms with Crippen molar-refractivity contribution in [3.05, 3.63) is 6.42 Å². The molecule has 0 saturated carbocycles. The molecular formula is C6H11FN. The summed E-state index contributed by atoms with van der Waals surface area (Å²) in [5, 5.41) is 0. The van der Waals surface area contributed by atoms with Gasteiger partial charge in [0.2, 0.25) is 0 Å². The van der Waals surface area contributed by atoms with Crippen LogP contribution in [-0.2, 0) is 0 Å². The molecule has 0 amide bonds. The van der Waals surface area contributed by atoms with Crippen LogP contribution in [0.3, 0.4) is 0 Å². The zero-order chi connectivity index (χ0) is 5.98. The highest BCUT2D eigenvalue weighted by Crippen LogP contribution is 2.08. The number of piperidine rings is 1. The normalized spacial score (nSPS) is 33.0. The number of alkyl halides is 1. The summed E-state index contributed by atoms with van der Waals surface area (Å²) in [7, 11) is 1.94.